The van der Waals surface area contributed by atoms with Crippen LogP contribution in [0.3, 0.4) is 0 Å². The molecule has 1 N–H and O–H groups in total. The number of alkyl halides is 3. The van der Waals surface area contributed by atoms with Crippen molar-refractivity contribution in [1.29, 1.82) is 0 Å². The lowest BCUT2D eigenvalue weighted by atomic mass is 10.1. The number of carbonyl (C=O) groups is 3. The molecule has 8 nitrogen and oxygen atoms in total. The number of carbonyl (C=O) groups excluding carboxylic acids is 3. The van der Waals surface area contributed by atoms with Crippen molar-refractivity contribution in [3.05, 3.63) is 31.9 Å². The Morgan fingerprint density at radius 2 is 1.94 bits per heavy atom. The lowest BCUT2D eigenvalue weighted by molar-refractivity contribution is -0.142. The highest BCUT2D eigenvalue weighted by molar-refractivity contribution is 9.10. The molecule has 1 amide bonds. The van der Waals surface area contributed by atoms with Crippen molar-refractivity contribution in [2.75, 3.05) is 19.0 Å². The van der Waals surface area contributed by atoms with Gasteiger partial charge in [-0.2, -0.15) is 18.3 Å². The first-order valence-corrected chi connectivity index (χ1v) is 12.1. The smallest absolute Gasteiger partial charge is 0.436 e. The molecule has 1 fully saturated rings. The lowest BCUT2D eigenvalue weighted by Crippen LogP contribution is -2.18. The van der Waals surface area contributed by atoms with Crippen LogP contribution in [0.1, 0.15) is 75.5 Å². The van der Waals surface area contributed by atoms with E-state index >= 15 is 0 Å². The molecule has 0 atom stereocenters. The summed E-state index contributed by atoms with van der Waals surface area (Å²) in [6.45, 7) is 3.44. The lowest BCUT2D eigenvalue weighted by Gasteiger charge is -2.09. The number of esters is 2. The predicted octanol–water partition coefficient (Wildman–Crippen LogP) is 5.29. The molecule has 0 aliphatic heterocycles. The molecule has 0 unspecified atom stereocenters. The van der Waals surface area contributed by atoms with Crippen molar-refractivity contribution in [2.45, 2.75) is 58.2 Å². The number of ether oxygens (including phenoxy) is 2. The van der Waals surface area contributed by atoms with Crippen molar-refractivity contribution in [2.24, 2.45) is 0 Å². The highest BCUT2D eigenvalue weighted by atomic mass is 79.9. The van der Waals surface area contributed by atoms with Crippen LogP contribution in [0.4, 0.5) is 18.2 Å². The van der Waals surface area contributed by atoms with Gasteiger partial charge in [-0.25, -0.2) is 9.59 Å². The molecule has 13 heteroatoms. The number of nitrogens with one attached hydrogen (secondary N) is 1. The summed E-state index contributed by atoms with van der Waals surface area (Å²) < 4.78 is 50.9. The van der Waals surface area contributed by atoms with Gasteiger partial charge >= 0.3 is 18.1 Å². The van der Waals surface area contributed by atoms with Crippen LogP contribution in [0, 0.1) is 6.92 Å². The molecule has 0 aromatic carbocycles. The molecule has 0 spiro atoms. The summed E-state index contributed by atoms with van der Waals surface area (Å²) >= 11 is 3.89. The first-order chi connectivity index (χ1) is 16.0. The maximum Gasteiger partial charge on any atom is 0.436 e. The monoisotopic (exact) mass is 565 g/mol. The van der Waals surface area contributed by atoms with Gasteiger partial charge in [-0.05, 0) is 47.7 Å². The topological polar surface area (TPSA) is 99.5 Å². The molecular weight excluding hydrogens is 543 g/mol. The van der Waals surface area contributed by atoms with E-state index < -0.39 is 29.7 Å². The Balaban J connectivity index is 1.80. The van der Waals surface area contributed by atoms with E-state index in [1.54, 1.807) is 6.92 Å². The predicted molar refractivity (Wildman–Crippen MR) is 121 cm³/mol. The minimum Gasteiger partial charge on any atom is -0.465 e. The number of methoxy groups -OCH3 is 1. The van der Waals surface area contributed by atoms with Gasteiger partial charge in [-0.15, -0.1) is 11.3 Å². The molecule has 3 rings (SSSR count). The largest absolute Gasteiger partial charge is 0.465 e. The van der Waals surface area contributed by atoms with Crippen LogP contribution in [0.2, 0.25) is 0 Å². The van der Waals surface area contributed by atoms with Crippen LogP contribution in [0.15, 0.2) is 4.47 Å². The third-order valence-corrected chi connectivity index (χ3v) is 7.10. The first-order valence-electron chi connectivity index (χ1n) is 10.5. The van der Waals surface area contributed by atoms with Crippen molar-refractivity contribution in [1.82, 2.24) is 9.78 Å². The Labute approximate surface area is 205 Å². The average molecular weight is 566 g/mol. The average Bonchev–Trinajstić information content (AvgIpc) is 3.47. The maximum atomic E-state index is 13.3. The number of halogens is 4. The summed E-state index contributed by atoms with van der Waals surface area (Å²) in [5.41, 5.74) is -0.238. The van der Waals surface area contributed by atoms with Gasteiger partial charge in [0.05, 0.1) is 36.0 Å². The summed E-state index contributed by atoms with van der Waals surface area (Å²) in [4.78, 5) is 37.4. The SMILES string of the molecule is CCCOC(=O)c1c(NC(=O)CCn2nc(C(F)(F)F)c(Br)c2C2CC2)sc(C(=O)OC)c1C. The second kappa shape index (κ2) is 10.5. The number of hydrogen-bond donors (Lipinski definition) is 1. The van der Waals surface area contributed by atoms with Gasteiger partial charge in [-0.1, -0.05) is 6.92 Å². The van der Waals surface area contributed by atoms with Gasteiger partial charge in [0.15, 0.2) is 5.69 Å². The molecule has 186 valence electrons. The molecule has 2 aromatic heterocycles. The number of aryl methyl sites for hydroxylation is 1. The third kappa shape index (κ3) is 5.62. The maximum absolute atomic E-state index is 13.3. The molecule has 2 heterocycles. The summed E-state index contributed by atoms with van der Waals surface area (Å²) in [5.74, 6) is -1.95. The summed E-state index contributed by atoms with van der Waals surface area (Å²) in [5, 5.41) is 6.39. The van der Waals surface area contributed by atoms with Gasteiger partial charge in [0.25, 0.3) is 0 Å². The van der Waals surface area contributed by atoms with Crippen molar-refractivity contribution in [3.8, 4) is 0 Å². The highest BCUT2D eigenvalue weighted by Gasteiger charge is 2.41. The van der Waals surface area contributed by atoms with Gasteiger partial charge in [0.1, 0.15) is 9.88 Å². The van der Waals surface area contributed by atoms with E-state index in [1.165, 1.54) is 11.8 Å². The fourth-order valence-corrected chi connectivity index (χ4v) is 5.31. The fourth-order valence-electron chi connectivity index (χ4n) is 3.35. The minimum absolute atomic E-state index is 0.0384. The fraction of sp³-hybridized carbons (Fsp3) is 0.524. The molecule has 1 saturated carbocycles. The zero-order valence-electron chi connectivity index (χ0n) is 18.7. The molecule has 34 heavy (non-hydrogen) atoms. The van der Waals surface area contributed by atoms with E-state index in [0.29, 0.717) is 17.7 Å². The standard InChI is InChI=1S/C21H23BrF3N3O5S/c1-4-9-33-19(30)13-10(2)16(20(31)32-3)34-18(13)26-12(29)7-8-28-15(11-5-6-11)14(22)17(27-28)21(23,24)25/h11H,4-9H2,1-3H3,(H,26,29). The van der Waals surface area contributed by atoms with Gasteiger partial charge in [0, 0.05) is 12.3 Å². The number of hydrogen-bond acceptors (Lipinski definition) is 7. The Hall–Kier alpha value is -2.41. The second-order valence-corrected chi connectivity index (χ2v) is 9.54. The Morgan fingerprint density at radius 3 is 2.50 bits per heavy atom. The van der Waals surface area contributed by atoms with E-state index in [-0.39, 0.29) is 45.4 Å². The number of anilines is 1. The van der Waals surface area contributed by atoms with Crippen LogP contribution in [0.5, 0.6) is 0 Å². The molecular formula is C21H23BrF3N3O5S. The van der Waals surface area contributed by atoms with Crippen LogP contribution < -0.4 is 5.32 Å². The Kier molecular flexibility index (Phi) is 8.06. The number of aromatic nitrogens is 2. The first kappa shape index (κ1) is 26.2. The van der Waals surface area contributed by atoms with E-state index in [9.17, 15) is 27.6 Å². The number of amides is 1. The Bertz CT molecular complexity index is 1110. The number of nitrogens with zero attached hydrogens (tertiary/aromatic N) is 2. The zero-order valence-corrected chi connectivity index (χ0v) is 21.1. The van der Waals surface area contributed by atoms with Crippen LogP contribution in [-0.4, -0.2) is 41.3 Å². The van der Waals surface area contributed by atoms with E-state index in [4.69, 9.17) is 9.47 Å². The van der Waals surface area contributed by atoms with Crippen LogP contribution in [0.25, 0.3) is 0 Å². The van der Waals surface area contributed by atoms with Gasteiger partial charge in [0.2, 0.25) is 5.91 Å². The van der Waals surface area contributed by atoms with Crippen molar-refractivity contribution >= 4 is 50.1 Å². The highest BCUT2D eigenvalue weighted by Crippen LogP contribution is 2.47. The van der Waals surface area contributed by atoms with Crippen LogP contribution >= 0.6 is 27.3 Å². The van der Waals surface area contributed by atoms with Gasteiger partial charge < -0.3 is 14.8 Å². The molecule has 0 radical (unpaired) electrons. The Morgan fingerprint density at radius 1 is 1.26 bits per heavy atom. The third-order valence-electron chi connectivity index (χ3n) is 5.13. The van der Waals surface area contributed by atoms with Gasteiger partial charge in [-0.3, -0.25) is 9.48 Å². The normalized spacial score (nSPS) is 13.6. The molecule has 1 aliphatic rings. The molecule has 2 aromatic rings. The number of rotatable bonds is 9. The van der Waals surface area contributed by atoms with Crippen molar-refractivity contribution in [3.63, 3.8) is 0 Å². The zero-order chi connectivity index (χ0) is 25.2. The minimum atomic E-state index is -4.62. The van der Waals surface area contributed by atoms with E-state index in [2.05, 4.69) is 26.3 Å². The molecule has 0 saturated heterocycles. The van der Waals surface area contributed by atoms with Crippen molar-refractivity contribution < 1.29 is 37.0 Å². The van der Waals surface area contributed by atoms with Crippen LogP contribution in [-0.2, 0) is 27.0 Å². The second-order valence-electron chi connectivity index (χ2n) is 7.73. The number of thiophene rings is 1. The summed E-state index contributed by atoms with van der Waals surface area (Å²) in [6, 6.07) is 0. The quantitative estimate of drug-likeness (QED) is 0.414. The van der Waals surface area contributed by atoms with E-state index in [0.717, 1.165) is 24.2 Å². The summed E-state index contributed by atoms with van der Waals surface area (Å²) in [6.07, 6.45) is -2.73. The molecule has 1 aliphatic carbocycles. The van der Waals surface area contributed by atoms with E-state index in [1.807, 2.05) is 6.92 Å². The summed E-state index contributed by atoms with van der Waals surface area (Å²) in [7, 11) is 1.20. The molecule has 0 bridgehead atoms.